The van der Waals surface area contributed by atoms with Crippen molar-refractivity contribution in [1.82, 2.24) is 26.6 Å². The number of carbonyl (C=O) groups is 6. The fraction of sp³-hybridized carbons (Fsp3) is 0.829. The Morgan fingerprint density at radius 1 is 0.700 bits per heavy atom. The topological polar surface area (TPSA) is 238 Å². The zero-order chi connectivity index (χ0) is 37.7. The van der Waals surface area contributed by atoms with E-state index in [1.165, 1.54) is 21.0 Å². The van der Waals surface area contributed by atoms with Gasteiger partial charge in [-0.3, -0.25) is 24.0 Å². The molecule has 0 saturated heterocycles. The normalized spacial score (nSPS) is 22.3. The van der Waals surface area contributed by atoms with Gasteiger partial charge in [-0.05, 0) is 56.8 Å². The van der Waals surface area contributed by atoms with Crippen LogP contribution >= 0.6 is 0 Å². The minimum Gasteiger partial charge on any atom is -0.467 e. The molecule has 4 unspecified atom stereocenters. The van der Waals surface area contributed by atoms with Crippen molar-refractivity contribution >= 4 is 35.5 Å². The highest BCUT2D eigenvalue weighted by Gasteiger charge is 2.43. The van der Waals surface area contributed by atoms with Crippen LogP contribution in [-0.4, -0.2) is 102 Å². The van der Waals surface area contributed by atoms with E-state index in [-0.39, 0.29) is 23.7 Å². The highest BCUT2D eigenvalue weighted by atomic mass is 16.5. The van der Waals surface area contributed by atoms with Crippen molar-refractivity contribution in [3.05, 3.63) is 0 Å². The van der Waals surface area contributed by atoms with Gasteiger partial charge in [0.05, 0.1) is 25.9 Å². The number of hydrogen-bond acceptors (Lipinski definition) is 10. The number of carbonyl (C=O) groups excluding carboxylic acids is 6. The van der Waals surface area contributed by atoms with E-state index in [9.17, 15) is 33.9 Å². The van der Waals surface area contributed by atoms with Gasteiger partial charge in [0.25, 0.3) is 0 Å². The average molecular weight is 711 g/mol. The number of ether oxygens (including phenoxy) is 1. The van der Waals surface area contributed by atoms with Crippen LogP contribution in [0.25, 0.3) is 0 Å². The van der Waals surface area contributed by atoms with E-state index in [4.69, 9.17) is 15.6 Å². The second kappa shape index (κ2) is 20.5. The highest BCUT2D eigenvalue weighted by molar-refractivity contribution is 5.93. The van der Waals surface area contributed by atoms with Gasteiger partial charge in [0, 0.05) is 5.92 Å². The van der Waals surface area contributed by atoms with Crippen LogP contribution in [0.4, 0.5) is 0 Å². The van der Waals surface area contributed by atoms with Crippen LogP contribution < -0.4 is 32.3 Å². The Morgan fingerprint density at radius 2 is 1.26 bits per heavy atom. The van der Waals surface area contributed by atoms with Crippen molar-refractivity contribution in [1.29, 1.82) is 0 Å². The second-order valence-electron chi connectivity index (χ2n) is 14.8. The standard InChI is InChI=1S/C35H62N6O9/c1-18(2)27(34(48)41-28(19(3)4)35(49)50-7)40-32(46)24-15-11-14-23(24)29(43)26(16-22-12-9-8-10-13-22)39-31(45)21(6)37-30(44)20(5)38-33(47)25(36)17-42/h18-29,42-43H,8-17,36H2,1-7H3,(H,37,44)(H,38,47)(H,39,45)(H,40,46)(H,41,48)/t20-,21-,23?,24+,25-,26?,27+,28?,29?/m0/s1. The van der Waals surface area contributed by atoms with Crippen LogP contribution in [0.2, 0.25) is 0 Å². The molecule has 15 nitrogen and oxygen atoms in total. The van der Waals surface area contributed by atoms with E-state index in [1.807, 2.05) is 0 Å². The molecule has 0 spiro atoms. The number of amides is 5. The molecule has 2 saturated carbocycles. The molecule has 0 aromatic heterocycles. The maximum Gasteiger partial charge on any atom is 0.328 e. The zero-order valence-corrected chi connectivity index (χ0v) is 30.8. The summed E-state index contributed by atoms with van der Waals surface area (Å²) in [7, 11) is 1.25. The van der Waals surface area contributed by atoms with Crippen LogP contribution in [0.15, 0.2) is 0 Å². The smallest absolute Gasteiger partial charge is 0.328 e. The zero-order valence-electron chi connectivity index (χ0n) is 30.8. The Labute approximate surface area is 296 Å². The minimum atomic E-state index is -1.19. The Kier molecular flexibility index (Phi) is 17.6. The van der Waals surface area contributed by atoms with Gasteiger partial charge in [-0.2, -0.15) is 0 Å². The molecule has 0 aliphatic heterocycles. The minimum absolute atomic E-state index is 0.239. The Bertz CT molecular complexity index is 1160. The second-order valence-corrected chi connectivity index (χ2v) is 14.8. The predicted molar refractivity (Wildman–Crippen MR) is 186 cm³/mol. The fourth-order valence-electron chi connectivity index (χ4n) is 6.93. The van der Waals surface area contributed by atoms with E-state index in [0.29, 0.717) is 25.7 Å². The summed E-state index contributed by atoms with van der Waals surface area (Å²) in [6, 6.07) is -5.73. The molecule has 0 bridgehead atoms. The quantitative estimate of drug-likeness (QED) is 0.0887. The first-order chi connectivity index (χ1) is 23.5. The van der Waals surface area contributed by atoms with Gasteiger partial charge >= 0.3 is 5.97 Å². The summed E-state index contributed by atoms with van der Waals surface area (Å²) in [5, 5.41) is 34.5. The third-order valence-electron chi connectivity index (χ3n) is 10.1. The maximum absolute atomic E-state index is 13.8. The third-order valence-corrected chi connectivity index (χ3v) is 10.1. The molecule has 0 aromatic rings. The summed E-state index contributed by atoms with van der Waals surface area (Å²) in [4.78, 5) is 77.5. The van der Waals surface area contributed by atoms with Gasteiger partial charge in [-0.15, -0.1) is 0 Å². The number of aliphatic hydroxyl groups excluding tert-OH is 2. The average Bonchev–Trinajstić information content (AvgIpc) is 3.58. The number of rotatable bonds is 18. The van der Waals surface area contributed by atoms with E-state index in [2.05, 4.69) is 26.6 Å². The number of nitrogens with one attached hydrogen (secondary N) is 5. The fourth-order valence-corrected chi connectivity index (χ4v) is 6.93. The molecule has 9 atom stereocenters. The summed E-state index contributed by atoms with van der Waals surface area (Å²) < 4.78 is 4.84. The largest absolute Gasteiger partial charge is 0.467 e. The van der Waals surface area contributed by atoms with Crippen LogP contribution in [-0.2, 0) is 33.5 Å². The van der Waals surface area contributed by atoms with Crippen molar-refractivity contribution < 1.29 is 43.7 Å². The molecule has 0 aromatic carbocycles. The molecule has 5 amide bonds. The van der Waals surface area contributed by atoms with Gasteiger partial charge in [0.15, 0.2) is 0 Å². The van der Waals surface area contributed by atoms with E-state index < -0.39 is 90.4 Å². The first-order valence-electron chi connectivity index (χ1n) is 18.2. The summed E-state index contributed by atoms with van der Waals surface area (Å²) in [6.45, 7) is 9.49. The molecule has 0 heterocycles. The molecule has 2 rings (SSSR count). The van der Waals surface area contributed by atoms with Gasteiger partial charge in [-0.1, -0.05) is 66.2 Å². The van der Waals surface area contributed by atoms with Crippen LogP contribution in [0.3, 0.4) is 0 Å². The molecule has 0 radical (unpaired) electrons. The summed E-state index contributed by atoms with van der Waals surface area (Å²) in [6.07, 6.45) is 6.31. The number of aliphatic hydroxyl groups is 2. The number of esters is 1. The molecule has 50 heavy (non-hydrogen) atoms. The van der Waals surface area contributed by atoms with Gasteiger partial charge in [-0.25, -0.2) is 4.79 Å². The highest BCUT2D eigenvalue weighted by Crippen LogP contribution is 2.38. The van der Waals surface area contributed by atoms with Gasteiger partial charge < -0.3 is 47.3 Å². The van der Waals surface area contributed by atoms with E-state index in [1.54, 1.807) is 27.7 Å². The Balaban J connectivity index is 2.19. The van der Waals surface area contributed by atoms with Crippen molar-refractivity contribution in [2.24, 2.45) is 35.3 Å². The lowest BCUT2D eigenvalue weighted by Gasteiger charge is -2.35. The van der Waals surface area contributed by atoms with Crippen molar-refractivity contribution in [3.8, 4) is 0 Å². The first kappa shape index (κ1) is 42.9. The lowest BCUT2D eigenvalue weighted by molar-refractivity contribution is -0.147. The summed E-state index contributed by atoms with van der Waals surface area (Å²) in [5.74, 6) is -4.69. The predicted octanol–water partition coefficient (Wildman–Crippen LogP) is 0.00240. The molecular formula is C35H62N6O9. The van der Waals surface area contributed by atoms with Gasteiger partial charge in [0.1, 0.15) is 30.2 Å². The SMILES string of the molecule is COC(=O)C(NC(=O)[C@H](NC(=O)[C@@H]1CCCC1C(O)C(CC1CCCCC1)NC(=O)[C@H](C)NC(=O)[C@H](C)NC(=O)[C@@H](N)CO)C(C)C)C(C)C. The first-order valence-corrected chi connectivity index (χ1v) is 18.2. The lowest BCUT2D eigenvalue weighted by atomic mass is 9.79. The molecule has 2 aliphatic carbocycles. The van der Waals surface area contributed by atoms with E-state index >= 15 is 0 Å². The van der Waals surface area contributed by atoms with E-state index in [0.717, 1.165) is 32.1 Å². The van der Waals surface area contributed by atoms with Crippen molar-refractivity contribution in [2.45, 2.75) is 142 Å². The summed E-state index contributed by atoms with van der Waals surface area (Å²) >= 11 is 0. The monoisotopic (exact) mass is 710 g/mol. The Morgan fingerprint density at radius 3 is 1.80 bits per heavy atom. The van der Waals surface area contributed by atoms with Crippen LogP contribution in [0.5, 0.6) is 0 Å². The molecule has 15 heteroatoms. The third kappa shape index (κ3) is 12.5. The Hall–Kier alpha value is -3.30. The lowest BCUT2D eigenvalue weighted by Crippen LogP contribution is -2.58. The molecule has 2 fully saturated rings. The maximum atomic E-state index is 13.8. The molecule has 9 N–H and O–H groups in total. The van der Waals surface area contributed by atoms with Crippen molar-refractivity contribution in [3.63, 3.8) is 0 Å². The van der Waals surface area contributed by atoms with Crippen LogP contribution in [0.1, 0.15) is 99.3 Å². The van der Waals surface area contributed by atoms with Crippen LogP contribution in [0, 0.1) is 29.6 Å². The summed E-state index contributed by atoms with van der Waals surface area (Å²) in [5.41, 5.74) is 5.51. The number of hydrogen-bond donors (Lipinski definition) is 8. The molecule has 286 valence electrons. The molecule has 2 aliphatic rings. The van der Waals surface area contributed by atoms with Gasteiger partial charge in [0.2, 0.25) is 29.5 Å². The number of nitrogens with two attached hydrogens (primary N) is 1. The van der Waals surface area contributed by atoms with Crippen molar-refractivity contribution in [2.75, 3.05) is 13.7 Å². The number of methoxy groups -OCH3 is 1. The molecular weight excluding hydrogens is 648 g/mol.